The van der Waals surface area contributed by atoms with Crippen LogP contribution in [0.25, 0.3) is 11.1 Å². The predicted octanol–water partition coefficient (Wildman–Crippen LogP) is 6.78. The maximum atomic E-state index is 14.1. The van der Waals surface area contributed by atoms with E-state index in [-0.39, 0.29) is 11.9 Å². The van der Waals surface area contributed by atoms with Crippen LogP contribution in [0.15, 0.2) is 71.7 Å². The Hall–Kier alpha value is -2.45. The Morgan fingerprint density at radius 1 is 0.923 bits per heavy atom. The van der Waals surface area contributed by atoms with Crippen LogP contribution in [0.1, 0.15) is 35.6 Å². The summed E-state index contributed by atoms with van der Waals surface area (Å²) in [4.78, 5) is 4.76. The molecule has 0 N–H and O–H groups in total. The van der Waals surface area contributed by atoms with Crippen LogP contribution in [0.2, 0.25) is 5.02 Å². The molecule has 3 aromatic rings. The molecule has 1 aliphatic rings. The van der Waals surface area contributed by atoms with Crippen LogP contribution in [0.5, 0.6) is 0 Å². The fourth-order valence-electron chi connectivity index (χ4n) is 3.44. The molecular weight excluding hydrogens is 345 g/mol. The van der Waals surface area contributed by atoms with Crippen molar-refractivity contribution in [3.8, 4) is 11.1 Å². The Labute approximate surface area is 158 Å². The minimum Gasteiger partial charge on any atom is -0.281 e. The molecule has 1 aliphatic heterocycles. The van der Waals surface area contributed by atoms with E-state index in [9.17, 15) is 4.39 Å². The van der Waals surface area contributed by atoms with Gasteiger partial charge in [-0.15, -0.1) is 0 Å². The third kappa shape index (κ3) is 3.30. The van der Waals surface area contributed by atoms with Gasteiger partial charge in [-0.3, -0.25) is 4.99 Å². The van der Waals surface area contributed by atoms with E-state index in [1.807, 2.05) is 0 Å². The maximum absolute atomic E-state index is 14.1. The summed E-state index contributed by atoms with van der Waals surface area (Å²) in [5.74, 6) is -0.299. The van der Waals surface area contributed by atoms with Gasteiger partial charge in [-0.25, -0.2) is 4.39 Å². The molecule has 0 spiro atoms. The van der Waals surface area contributed by atoms with Crippen LogP contribution in [-0.4, -0.2) is 5.71 Å². The zero-order valence-electron chi connectivity index (χ0n) is 14.5. The van der Waals surface area contributed by atoms with E-state index < -0.39 is 0 Å². The van der Waals surface area contributed by atoms with Crippen molar-refractivity contribution in [2.75, 3.05) is 0 Å². The molecule has 3 heteroatoms. The quantitative estimate of drug-likeness (QED) is 0.486. The number of benzene rings is 3. The molecule has 1 heterocycles. The van der Waals surface area contributed by atoms with Gasteiger partial charge in [-0.05, 0) is 48.6 Å². The molecule has 1 atom stereocenters. The summed E-state index contributed by atoms with van der Waals surface area (Å²) in [5, 5.41) is 0.430. The molecule has 1 nitrogen and oxygen atoms in total. The summed E-state index contributed by atoms with van der Waals surface area (Å²) in [5.41, 5.74) is 6.02. The number of nitrogens with zero attached hydrogens (tertiary/aromatic N) is 1. The highest BCUT2D eigenvalue weighted by Gasteiger charge is 2.23. The zero-order valence-corrected chi connectivity index (χ0v) is 15.3. The molecule has 4 rings (SSSR count). The van der Waals surface area contributed by atoms with E-state index in [0.29, 0.717) is 10.6 Å². The van der Waals surface area contributed by atoms with Crippen molar-refractivity contribution < 1.29 is 4.39 Å². The summed E-state index contributed by atoms with van der Waals surface area (Å²) >= 11 is 6.18. The minimum absolute atomic E-state index is 0.0627. The first kappa shape index (κ1) is 17.0. The summed E-state index contributed by atoms with van der Waals surface area (Å²) in [6.45, 7) is 2.09. The predicted molar refractivity (Wildman–Crippen MR) is 107 cm³/mol. The van der Waals surface area contributed by atoms with Gasteiger partial charge in [0.05, 0.1) is 11.1 Å². The van der Waals surface area contributed by atoms with Crippen LogP contribution in [0, 0.1) is 12.7 Å². The monoisotopic (exact) mass is 363 g/mol. The second-order valence-electron chi connectivity index (χ2n) is 6.71. The average molecular weight is 364 g/mol. The van der Waals surface area contributed by atoms with Gasteiger partial charge in [-0.1, -0.05) is 71.8 Å². The first-order valence-corrected chi connectivity index (χ1v) is 9.17. The van der Waals surface area contributed by atoms with E-state index in [1.54, 1.807) is 12.1 Å². The molecular formula is C23H19ClFN. The van der Waals surface area contributed by atoms with Gasteiger partial charge in [-0.2, -0.15) is 0 Å². The third-order valence-electron chi connectivity index (χ3n) is 4.90. The van der Waals surface area contributed by atoms with Crippen molar-refractivity contribution in [2.45, 2.75) is 25.8 Å². The SMILES string of the molecule is Cc1ccc(-c2ccc([C@H]3CCC(c4c(F)cccc4Cl)=N3)cc2)cc1. The number of aryl methyl sites for hydroxylation is 1. The molecule has 0 saturated carbocycles. The van der Waals surface area contributed by atoms with Crippen LogP contribution in [0.3, 0.4) is 0 Å². The van der Waals surface area contributed by atoms with Gasteiger partial charge in [0, 0.05) is 11.3 Å². The fraction of sp³-hybridized carbons (Fsp3) is 0.174. The number of aliphatic imine (C=N–C) groups is 1. The van der Waals surface area contributed by atoms with Crippen molar-refractivity contribution in [3.63, 3.8) is 0 Å². The van der Waals surface area contributed by atoms with Crippen molar-refractivity contribution >= 4 is 17.3 Å². The van der Waals surface area contributed by atoms with E-state index in [1.165, 1.54) is 22.8 Å². The molecule has 0 aromatic heterocycles. The fourth-order valence-corrected chi connectivity index (χ4v) is 3.71. The lowest BCUT2D eigenvalue weighted by atomic mass is 9.99. The number of halogens is 2. The lowest BCUT2D eigenvalue weighted by molar-refractivity contribution is 0.625. The molecule has 0 amide bonds. The van der Waals surface area contributed by atoms with Gasteiger partial charge in [0.15, 0.2) is 0 Å². The van der Waals surface area contributed by atoms with Gasteiger partial charge < -0.3 is 0 Å². The van der Waals surface area contributed by atoms with Gasteiger partial charge in [0.2, 0.25) is 0 Å². The highest BCUT2D eigenvalue weighted by molar-refractivity contribution is 6.34. The van der Waals surface area contributed by atoms with E-state index in [2.05, 4.69) is 55.5 Å². The van der Waals surface area contributed by atoms with Crippen molar-refractivity contribution in [3.05, 3.63) is 94.3 Å². The standard InChI is InChI=1S/C23H19ClFN/c1-15-5-7-16(8-6-15)17-9-11-18(12-10-17)21-13-14-22(26-21)23-19(24)3-2-4-20(23)25/h2-12,21H,13-14H2,1H3/t21-/m1/s1. The van der Waals surface area contributed by atoms with Crippen molar-refractivity contribution in [2.24, 2.45) is 4.99 Å². The first-order chi connectivity index (χ1) is 12.6. The Morgan fingerprint density at radius 3 is 2.23 bits per heavy atom. The maximum Gasteiger partial charge on any atom is 0.133 e. The highest BCUT2D eigenvalue weighted by atomic mass is 35.5. The second-order valence-corrected chi connectivity index (χ2v) is 7.12. The number of rotatable bonds is 3. The van der Waals surface area contributed by atoms with Crippen molar-refractivity contribution in [1.82, 2.24) is 0 Å². The molecule has 0 bridgehead atoms. The highest BCUT2D eigenvalue weighted by Crippen LogP contribution is 2.34. The Balaban J connectivity index is 1.59. The first-order valence-electron chi connectivity index (χ1n) is 8.80. The lowest BCUT2D eigenvalue weighted by Crippen LogP contribution is -2.01. The van der Waals surface area contributed by atoms with Gasteiger partial charge >= 0.3 is 0 Å². The van der Waals surface area contributed by atoms with Crippen LogP contribution >= 0.6 is 11.6 Å². The molecule has 26 heavy (non-hydrogen) atoms. The smallest absolute Gasteiger partial charge is 0.133 e. The molecule has 0 fully saturated rings. The van der Waals surface area contributed by atoms with E-state index in [0.717, 1.165) is 24.1 Å². The Bertz CT molecular complexity index is 938. The summed E-state index contributed by atoms with van der Waals surface area (Å²) < 4.78 is 14.1. The third-order valence-corrected chi connectivity index (χ3v) is 5.21. The van der Waals surface area contributed by atoms with Crippen LogP contribution < -0.4 is 0 Å². The van der Waals surface area contributed by atoms with E-state index >= 15 is 0 Å². The molecule has 0 unspecified atom stereocenters. The second kappa shape index (κ2) is 7.05. The summed E-state index contributed by atoms with van der Waals surface area (Å²) in [6.07, 6.45) is 1.62. The van der Waals surface area contributed by atoms with Crippen LogP contribution in [0.4, 0.5) is 4.39 Å². The van der Waals surface area contributed by atoms with Gasteiger partial charge in [0.1, 0.15) is 5.82 Å². The topological polar surface area (TPSA) is 12.4 Å². The lowest BCUT2D eigenvalue weighted by Gasteiger charge is -2.09. The summed E-state index contributed by atoms with van der Waals surface area (Å²) in [6, 6.07) is 21.8. The number of hydrogen-bond donors (Lipinski definition) is 0. The minimum atomic E-state index is -0.299. The number of hydrogen-bond acceptors (Lipinski definition) is 1. The van der Waals surface area contributed by atoms with E-state index in [4.69, 9.17) is 16.6 Å². The Morgan fingerprint density at radius 2 is 1.58 bits per heavy atom. The zero-order chi connectivity index (χ0) is 18.1. The van der Waals surface area contributed by atoms with Crippen molar-refractivity contribution in [1.29, 1.82) is 0 Å². The normalized spacial score (nSPS) is 16.6. The van der Waals surface area contributed by atoms with Crippen LogP contribution in [-0.2, 0) is 0 Å². The molecule has 3 aromatic carbocycles. The average Bonchev–Trinajstić information content (AvgIpc) is 3.12. The Kier molecular flexibility index (Phi) is 4.60. The summed E-state index contributed by atoms with van der Waals surface area (Å²) in [7, 11) is 0. The molecule has 130 valence electrons. The largest absolute Gasteiger partial charge is 0.281 e. The molecule has 0 radical (unpaired) electrons. The molecule has 0 saturated heterocycles. The molecule has 0 aliphatic carbocycles. The van der Waals surface area contributed by atoms with Gasteiger partial charge in [0.25, 0.3) is 0 Å².